The molecule has 0 saturated heterocycles. The van der Waals surface area contributed by atoms with Gasteiger partial charge in [0.05, 0.1) is 17.4 Å². The number of nitrogens with zero attached hydrogens (tertiary/aromatic N) is 4. The van der Waals surface area contributed by atoms with E-state index in [2.05, 4.69) is 58.1 Å². The average molecular weight is 355 g/mol. The average Bonchev–Trinajstić information content (AvgIpc) is 2.94. The number of aliphatic imine (C=N–C) groups is 1. The first-order chi connectivity index (χ1) is 10.5. The first-order valence-electron chi connectivity index (χ1n) is 7.21. The van der Waals surface area contributed by atoms with Crippen LogP contribution in [-0.4, -0.2) is 25.8 Å². The molecule has 0 unspecified atom stereocenters. The summed E-state index contributed by atoms with van der Waals surface area (Å²) in [6, 6.07) is 8.16. The molecule has 0 atom stereocenters. The first-order valence-corrected chi connectivity index (χ1v) is 8.00. The van der Waals surface area contributed by atoms with Crippen LogP contribution in [0.15, 0.2) is 52.3 Å². The van der Waals surface area contributed by atoms with Crippen molar-refractivity contribution in [3.63, 3.8) is 0 Å². The van der Waals surface area contributed by atoms with Crippen molar-refractivity contribution < 1.29 is 0 Å². The Hall–Kier alpha value is -2.01. The number of hydrogen-bond acceptors (Lipinski definition) is 3. The van der Waals surface area contributed by atoms with Crippen molar-refractivity contribution in [2.24, 2.45) is 4.99 Å². The molecule has 1 aliphatic rings. The summed E-state index contributed by atoms with van der Waals surface area (Å²) in [6.07, 6.45) is 6.54. The molecule has 22 heavy (non-hydrogen) atoms. The van der Waals surface area contributed by atoms with Gasteiger partial charge in [0.1, 0.15) is 0 Å². The fourth-order valence-electron chi connectivity index (χ4n) is 2.95. The van der Waals surface area contributed by atoms with Crippen LogP contribution in [-0.2, 0) is 6.42 Å². The van der Waals surface area contributed by atoms with Gasteiger partial charge in [-0.2, -0.15) is 5.10 Å². The molecule has 1 aromatic carbocycles. The number of halogens is 1. The Bertz CT molecular complexity index is 908. The Kier molecular flexibility index (Phi) is 2.94. The molecule has 4 nitrogen and oxygen atoms in total. The molecule has 0 fully saturated rings. The van der Waals surface area contributed by atoms with Gasteiger partial charge in [-0.05, 0) is 31.9 Å². The maximum absolute atomic E-state index is 4.97. The smallest absolute Gasteiger partial charge is 0.154 e. The third-order valence-corrected chi connectivity index (χ3v) is 4.66. The van der Waals surface area contributed by atoms with Crippen LogP contribution >= 0.6 is 15.9 Å². The Morgan fingerprint density at radius 2 is 2.09 bits per heavy atom. The molecule has 0 saturated carbocycles. The quantitative estimate of drug-likeness (QED) is 0.669. The van der Waals surface area contributed by atoms with Crippen LogP contribution in [0.4, 0.5) is 0 Å². The zero-order valence-corrected chi connectivity index (χ0v) is 14.0. The standard InChI is InChI=1S/C17H15BrN4/c1-17(2)8-13-12(4-3-5-14(13)18)16(21-17)11-9-19-15-6-7-20-22(15)10-11/h3-7,9-10H,8H2,1-2H3. The maximum Gasteiger partial charge on any atom is 0.154 e. The molecule has 3 aromatic rings. The highest BCUT2D eigenvalue weighted by atomic mass is 79.9. The highest BCUT2D eigenvalue weighted by Crippen LogP contribution is 2.33. The second-order valence-electron chi connectivity index (χ2n) is 6.19. The van der Waals surface area contributed by atoms with Gasteiger partial charge in [-0.15, -0.1) is 0 Å². The van der Waals surface area contributed by atoms with Gasteiger partial charge < -0.3 is 0 Å². The highest BCUT2D eigenvalue weighted by Gasteiger charge is 2.29. The Labute approximate surface area is 137 Å². The van der Waals surface area contributed by atoms with E-state index in [1.54, 1.807) is 10.7 Å². The van der Waals surface area contributed by atoms with Crippen LogP contribution in [0.3, 0.4) is 0 Å². The van der Waals surface area contributed by atoms with Gasteiger partial charge >= 0.3 is 0 Å². The van der Waals surface area contributed by atoms with Crippen LogP contribution in [0.5, 0.6) is 0 Å². The second-order valence-corrected chi connectivity index (χ2v) is 7.05. The normalized spacial score (nSPS) is 16.4. The van der Waals surface area contributed by atoms with Gasteiger partial charge in [0.15, 0.2) is 5.65 Å². The van der Waals surface area contributed by atoms with Crippen LogP contribution in [0.2, 0.25) is 0 Å². The molecule has 0 N–H and O–H groups in total. The van der Waals surface area contributed by atoms with E-state index in [1.165, 1.54) is 11.1 Å². The lowest BCUT2D eigenvalue weighted by atomic mass is 9.85. The van der Waals surface area contributed by atoms with E-state index in [1.807, 2.05) is 18.5 Å². The molecule has 110 valence electrons. The lowest BCUT2D eigenvalue weighted by molar-refractivity contribution is 0.512. The van der Waals surface area contributed by atoms with Gasteiger partial charge in [0.2, 0.25) is 0 Å². The van der Waals surface area contributed by atoms with E-state index in [9.17, 15) is 0 Å². The summed E-state index contributed by atoms with van der Waals surface area (Å²) >= 11 is 3.68. The SMILES string of the molecule is CC1(C)Cc2c(Br)cccc2C(c2cnc3ccnn3c2)=N1. The molecule has 0 bridgehead atoms. The molecule has 0 radical (unpaired) electrons. The predicted octanol–water partition coefficient (Wildman–Crippen LogP) is 3.66. The van der Waals surface area contributed by atoms with Crippen molar-refractivity contribution in [1.29, 1.82) is 0 Å². The molecular weight excluding hydrogens is 340 g/mol. The molecule has 2 aromatic heterocycles. The van der Waals surface area contributed by atoms with Crippen molar-refractivity contribution in [1.82, 2.24) is 14.6 Å². The van der Waals surface area contributed by atoms with Gasteiger partial charge in [0, 0.05) is 34.1 Å². The molecule has 4 rings (SSSR count). The zero-order valence-electron chi connectivity index (χ0n) is 12.4. The molecule has 0 aliphatic carbocycles. The van der Waals surface area contributed by atoms with Crippen LogP contribution in [0.1, 0.15) is 30.5 Å². The highest BCUT2D eigenvalue weighted by molar-refractivity contribution is 9.10. The summed E-state index contributed by atoms with van der Waals surface area (Å²) in [6.45, 7) is 4.32. The fourth-order valence-corrected chi connectivity index (χ4v) is 3.45. The summed E-state index contributed by atoms with van der Waals surface area (Å²) in [4.78, 5) is 9.44. The monoisotopic (exact) mass is 354 g/mol. The van der Waals surface area contributed by atoms with Crippen LogP contribution in [0, 0.1) is 0 Å². The summed E-state index contributed by atoms with van der Waals surface area (Å²) in [5, 5.41) is 4.27. The second kappa shape index (κ2) is 4.74. The van der Waals surface area contributed by atoms with Crippen LogP contribution in [0.25, 0.3) is 5.65 Å². The molecule has 0 spiro atoms. The summed E-state index contributed by atoms with van der Waals surface area (Å²) < 4.78 is 2.93. The first kappa shape index (κ1) is 13.6. The van der Waals surface area contributed by atoms with Crippen molar-refractivity contribution in [3.05, 3.63) is 64.0 Å². The van der Waals surface area contributed by atoms with Crippen molar-refractivity contribution in [3.8, 4) is 0 Å². The summed E-state index contributed by atoms with van der Waals surface area (Å²) in [7, 11) is 0. The minimum Gasteiger partial charge on any atom is -0.278 e. The van der Waals surface area contributed by atoms with E-state index in [-0.39, 0.29) is 5.54 Å². The zero-order chi connectivity index (χ0) is 15.3. The van der Waals surface area contributed by atoms with Gasteiger partial charge in [-0.3, -0.25) is 4.99 Å². The molecule has 3 heterocycles. The lowest BCUT2D eigenvalue weighted by Crippen LogP contribution is -2.30. The molecule has 1 aliphatic heterocycles. The van der Waals surface area contributed by atoms with Gasteiger partial charge in [-0.25, -0.2) is 9.50 Å². The van der Waals surface area contributed by atoms with E-state index in [0.29, 0.717) is 0 Å². The number of rotatable bonds is 1. The van der Waals surface area contributed by atoms with E-state index < -0.39 is 0 Å². The number of aromatic nitrogens is 3. The predicted molar refractivity (Wildman–Crippen MR) is 90.6 cm³/mol. The van der Waals surface area contributed by atoms with Crippen molar-refractivity contribution in [2.45, 2.75) is 25.8 Å². The lowest BCUT2D eigenvalue weighted by Gasteiger charge is -2.29. The Balaban J connectivity index is 1.96. The Morgan fingerprint density at radius 1 is 1.23 bits per heavy atom. The Morgan fingerprint density at radius 3 is 2.95 bits per heavy atom. The number of benzene rings is 1. The van der Waals surface area contributed by atoms with Crippen molar-refractivity contribution in [2.75, 3.05) is 0 Å². The third kappa shape index (κ3) is 2.16. The van der Waals surface area contributed by atoms with E-state index in [4.69, 9.17) is 4.99 Å². The van der Waals surface area contributed by atoms with Gasteiger partial charge in [-0.1, -0.05) is 28.1 Å². The topological polar surface area (TPSA) is 42.5 Å². The molecular formula is C17H15BrN4. The summed E-state index contributed by atoms with van der Waals surface area (Å²) in [5.41, 5.74) is 5.15. The molecule has 5 heteroatoms. The molecule has 0 amide bonds. The van der Waals surface area contributed by atoms with Crippen LogP contribution < -0.4 is 0 Å². The number of fused-ring (bicyclic) bond motifs is 2. The van der Waals surface area contributed by atoms with E-state index >= 15 is 0 Å². The fraction of sp³-hybridized carbons (Fsp3) is 0.235. The minimum absolute atomic E-state index is 0.134. The van der Waals surface area contributed by atoms with Gasteiger partial charge in [0.25, 0.3) is 0 Å². The minimum atomic E-state index is -0.134. The maximum atomic E-state index is 4.97. The summed E-state index contributed by atoms with van der Waals surface area (Å²) in [5.74, 6) is 0. The van der Waals surface area contributed by atoms with E-state index in [0.717, 1.165) is 27.8 Å². The number of hydrogen-bond donors (Lipinski definition) is 0. The largest absolute Gasteiger partial charge is 0.278 e. The van der Waals surface area contributed by atoms with Crippen molar-refractivity contribution >= 4 is 27.3 Å². The third-order valence-electron chi connectivity index (χ3n) is 3.92.